The lowest BCUT2D eigenvalue weighted by Crippen LogP contribution is -2.29. The first-order valence-corrected chi connectivity index (χ1v) is 8.66. The molecule has 1 aliphatic heterocycles. The zero-order valence-corrected chi connectivity index (χ0v) is 13.5. The maximum Gasteiger partial charge on any atom is 0.226 e. The van der Waals surface area contributed by atoms with Gasteiger partial charge in [-0.25, -0.2) is 0 Å². The second-order valence-corrected chi connectivity index (χ2v) is 7.74. The number of aryl methyl sites for hydroxylation is 1. The van der Waals surface area contributed by atoms with Gasteiger partial charge in [0.1, 0.15) is 0 Å². The van der Waals surface area contributed by atoms with Gasteiger partial charge in [0.15, 0.2) is 5.82 Å². The summed E-state index contributed by atoms with van der Waals surface area (Å²) in [6.07, 6.45) is 9.72. The van der Waals surface area contributed by atoms with Crippen LogP contribution in [0, 0.1) is 11.3 Å². The van der Waals surface area contributed by atoms with Crippen LogP contribution in [0.15, 0.2) is 4.52 Å². The van der Waals surface area contributed by atoms with Gasteiger partial charge < -0.3 is 9.84 Å². The highest BCUT2D eigenvalue weighted by atomic mass is 16.5. The zero-order chi connectivity index (χ0) is 14.7. The van der Waals surface area contributed by atoms with E-state index in [4.69, 9.17) is 4.52 Å². The maximum atomic E-state index is 5.48. The monoisotopic (exact) mass is 291 g/mol. The topological polar surface area (TPSA) is 51.0 Å². The van der Waals surface area contributed by atoms with Crippen molar-refractivity contribution in [3.63, 3.8) is 0 Å². The fourth-order valence-electron chi connectivity index (χ4n) is 3.69. The Hall–Kier alpha value is -0.900. The number of rotatable bonds is 4. The summed E-state index contributed by atoms with van der Waals surface area (Å²) in [7, 11) is 0. The molecule has 0 amide bonds. The maximum absolute atomic E-state index is 5.48. The van der Waals surface area contributed by atoms with Gasteiger partial charge in [-0.3, -0.25) is 0 Å². The fraction of sp³-hybridized carbons (Fsp3) is 0.882. The Bertz CT molecular complexity index is 439. The van der Waals surface area contributed by atoms with E-state index in [0.29, 0.717) is 11.3 Å². The highest BCUT2D eigenvalue weighted by molar-refractivity contribution is 4.99. The number of piperidine rings is 1. The standard InChI is InChI=1S/C17H29N3O/c1-17(2)9-7-14(8-10-17)16-19-15(21-20-16)6-5-13-4-3-11-18-12-13/h13-14,18H,3-12H2,1-2H3. The van der Waals surface area contributed by atoms with Crippen LogP contribution in [0.1, 0.15) is 76.4 Å². The predicted molar refractivity (Wildman–Crippen MR) is 83.2 cm³/mol. The lowest BCUT2D eigenvalue weighted by Gasteiger charge is -2.32. The van der Waals surface area contributed by atoms with Crippen molar-refractivity contribution < 1.29 is 4.52 Å². The van der Waals surface area contributed by atoms with Crippen LogP contribution in [0.4, 0.5) is 0 Å². The molecule has 2 heterocycles. The van der Waals surface area contributed by atoms with E-state index in [1.165, 1.54) is 51.5 Å². The molecule has 1 aliphatic carbocycles. The van der Waals surface area contributed by atoms with Crippen molar-refractivity contribution in [3.8, 4) is 0 Å². The third-order valence-corrected chi connectivity index (χ3v) is 5.35. The average Bonchev–Trinajstić information content (AvgIpc) is 2.95. The van der Waals surface area contributed by atoms with Crippen LogP contribution in [0.5, 0.6) is 0 Å². The second kappa shape index (κ2) is 6.47. The number of nitrogens with one attached hydrogen (secondary N) is 1. The molecule has 1 unspecified atom stereocenters. The summed E-state index contributed by atoms with van der Waals surface area (Å²) >= 11 is 0. The van der Waals surface area contributed by atoms with Crippen LogP contribution in [-0.4, -0.2) is 23.2 Å². The van der Waals surface area contributed by atoms with Gasteiger partial charge in [0, 0.05) is 12.3 Å². The largest absolute Gasteiger partial charge is 0.339 e. The van der Waals surface area contributed by atoms with E-state index in [2.05, 4.69) is 29.3 Å². The van der Waals surface area contributed by atoms with Gasteiger partial charge in [0.05, 0.1) is 0 Å². The first kappa shape index (κ1) is 15.0. The third kappa shape index (κ3) is 4.06. The number of aromatic nitrogens is 2. The molecule has 4 nitrogen and oxygen atoms in total. The van der Waals surface area contributed by atoms with Gasteiger partial charge in [0.2, 0.25) is 5.89 Å². The minimum absolute atomic E-state index is 0.497. The number of nitrogens with zero attached hydrogens (tertiary/aromatic N) is 2. The van der Waals surface area contributed by atoms with E-state index >= 15 is 0 Å². The van der Waals surface area contributed by atoms with Crippen LogP contribution in [0.25, 0.3) is 0 Å². The van der Waals surface area contributed by atoms with E-state index in [1.54, 1.807) is 0 Å². The Morgan fingerprint density at radius 2 is 2.05 bits per heavy atom. The predicted octanol–water partition coefficient (Wildman–Crippen LogP) is 3.69. The third-order valence-electron chi connectivity index (χ3n) is 5.35. The van der Waals surface area contributed by atoms with Crippen molar-refractivity contribution in [1.29, 1.82) is 0 Å². The van der Waals surface area contributed by atoms with Gasteiger partial charge >= 0.3 is 0 Å². The van der Waals surface area contributed by atoms with Crippen molar-refractivity contribution in [2.24, 2.45) is 11.3 Å². The molecule has 1 saturated heterocycles. The fourth-order valence-corrected chi connectivity index (χ4v) is 3.69. The van der Waals surface area contributed by atoms with Crippen LogP contribution in [0.3, 0.4) is 0 Å². The van der Waals surface area contributed by atoms with Crippen LogP contribution < -0.4 is 5.32 Å². The molecule has 0 spiro atoms. The van der Waals surface area contributed by atoms with Gasteiger partial charge in [-0.2, -0.15) is 4.98 Å². The smallest absolute Gasteiger partial charge is 0.226 e. The molecule has 1 saturated carbocycles. The van der Waals surface area contributed by atoms with Crippen LogP contribution in [0.2, 0.25) is 0 Å². The second-order valence-electron chi connectivity index (χ2n) is 7.74. The van der Waals surface area contributed by atoms with E-state index < -0.39 is 0 Å². The lowest BCUT2D eigenvalue weighted by atomic mass is 9.73. The first-order chi connectivity index (χ1) is 10.1. The Labute approximate surface area is 128 Å². The van der Waals surface area contributed by atoms with Crippen molar-refractivity contribution in [2.75, 3.05) is 13.1 Å². The first-order valence-electron chi connectivity index (χ1n) is 8.66. The molecule has 0 aromatic carbocycles. The average molecular weight is 291 g/mol. The molecule has 21 heavy (non-hydrogen) atoms. The highest BCUT2D eigenvalue weighted by Gasteiger charge is 2.30. The van der Waals surface area contributed by atoms with Gasteiger partial charge in [-0.05, 0) is 69.4 Å². The molecular weight excluding hydrogens is 262 g/mol. The van der Waals surface area contributed by atoms with Crippen molar-refractivity contribution >= 4 is 0 Å². The molecule has 118 valence electrons. The van der Waals surface area contributed by atoms with Gasteiger partial charge in [-0.15, -0.1) is 0 Å². The van der Waals surface area contributed by atoms with E-state index in [9.17, 15) is 0 Å². The molecule has 1 N–H and O–H groups in total. The molecule has 4 heteroatoms. The zero-order valence-electron chi connectivity index (χ0n) is 13.5. The quantitative estimate of drug-likeness (QED) is 0.919. The van der Waals surface area contributed by atoms with E-state index in [1.807, 2.05) is 0 Å². The Balaban J connectivity index is 1.49. The van der Waals surface area contributed by atoms with Gasteiger partial charge in [-0.1, -0.05) is 19.0 Å². The summed E-state index contributed by atoms with van der Waals surface area (Å²) in [5.41, 5.74) is 0.497. The van der Waals surface area contributed by atoms with Crippen molar-refractivity contribution in [3.05, 3.63) is 11.7 Å². The Kier molecular flexibility index (Phi) is 4.63. The molecule has 0 radical (unpaired) electrons. The molecule has 1 aromatic rings. The van der Waals surface area contributed by atoms with Crippen LogP contribution >= 0.6 is 0 Å². The minimum atomic E-state index is 0.497. The van der Waals surface area contributed by atoms with E-state index in [0.717, 1.165) is 30.6 Å². The normalized spacial score (nSPS) is 26.9. The lowest BCUT2D eigenvalue weighted by molar-refractivity contribution is 0.218. The van der Waals surface area contributed by atoms with Gasteiger partial charge in [0.25, 0.3) is 0 Å². The summed E-state index contributed by atoms with van der Waals surface area (Å²) < 4.78 is 5.48. The Morgan fingerprint density at radius 3 is 2.76 bits per heavy atom. The summed E-state index contributed by atoms with van der Waals surface area (Å²) in [6, 6.07) is 0. The summed E-state index contributed by atoms with van der Waals surface area (Å²) in [6.45, 7) is 7.06. The minimum Gasteiger partial charge on any atom is -0.339 e. The van der Waals surface area contributed by atoms with Crippen molar-refractivity contribution in [2.45, 2.75) is 71.1 Å². The molecule has 2 fully saturated rings. The molecule has 1 atom stereocenters. The molecule has 0 bridgehead atoms. The molecule has 1 aromatic heterocycles. The molecule has 2 aliphatic rings. The summed E-state index contributed by atoms with van der Waals surface area (Å²) in [4.78, 5) is 4.67. The molecule has 3 rings (SSSR count). The summed E-state index contributed by atoms with van der Waals surface area (Å²) in [5.74, 6) is 3.11. The number of hydrogen-bond donors (Lipinski definition) is 1. The number of hydrogen-bond acceptors (Lipinski definition) is 4. The Morgan fingerprint density at radius 1 is 1.24 bits per heavy atom. The summed E-state index contributed by atoms with van der Waals surface area (Å²) in [5, 5.41) is 7.72. The van der Waals surface area contributed by atoms with Crippen molar-refractivity contribution in [1.82, 2.24) is 15.5 Å². The SMILES string of the molecule is CC1(C)CCC(c2noc(CCC3CCCNC3)n2)CC1. The highest BCUT2D eigenvalue weighted by Crippen LogP contribution is 2.41. The van der Waals surface area contributed by atoms with E-state index in [-0.39, 0.29) is 0 Å². The molecular formula is C17H29N3O. The van der Waals surface area contributed by atoms with Crippen LogP contribution in [-0.2, 0) is 6.42 Å².